The van der Waals surface area contributed by atoms with E-state index in [1.807, 2.05) is 22.6 Å². The second-order valence-electron chi connectivity index (χ2n) is 7.66. The highest BCUT2D eigenvalue weighted by atomic mass is 32.2. The predicted octanol–water partition coefficient (Wildman–Crippen LogP) is 3.24. The topological polar surface area (TPSA) is 95.7 Å². The average Bonchev–Trinajstić information content (AvgIpc) is 3.27. The number of benzene rings is 1. The first-order valence-corrected chi connectivity index (χ1v) is 12.2. The summed E-state index contributed by atoms with van der Waals surface area (Å²) in [6.45, 7) is 0.124. The molecule has 0 saturated heterocycles. The number of pyridine rings is 2. The van der Waals surface area contributed by atoms with Gasteiger partial charge in [-0.2, -0.15) is 0 Å². The number of hydrogen-bond donors (Lipinski definition) is 0. The number of hydrogen-bond acceptors (Lipinski definition) is 7. The molecule has 0 fully saturated rings. The lowest BCUT2D eigenvalue weighted by molar-refractivity contribution is 0.163. The number of nitrogens with zero attached hydrogens (tertiary/aromatic N) is 4. The van der Waals surface area contributed by atoms with Crippen molar-refractivity contribution < 1.29 is 22.3 Å². The Morgan fingerprint density at radius 3 is 2.76 bits per heavy atom. The zero-order chi connectivity index (χ0) is 23.4. The van der Waals surface area contributed by atoms with Crippen molar-refractivity contribution in [1.29, 1.82) is 0 Å². The summed E-state index contributed by atoms with van der Waals surface area (Å²) < 4.78 is 49.3. The van der Waals surface area contributed by atoms with Gasteiger partial charge < -0.3 is 9.47 Å². The molecule has 0 N–H and O–H groups in total. The Morgan fingerprint density at radius 2 is 1.97 bits per heavy atom. The van der Waals surface area contributed by atoms with E-state index in [9.17, 15) is 12.8 Å². The number of sulfone groups is 1. The highest BCUT2D eigenvalue weighted by Crippen LogP contribution is 2.27. The standard InChI is InChI=1S/C23H23FN4O4S/c1-31-22-5-3-4-21(24)20(22)9-7-18-6-8-19(23-27-26-14-28(18)23)17-10-16(11-25-12-17)13-32-15-33(2,29)30/h3-6,8,10-12,14H,7,9,13,15H2,1-2H3. The molecule has 0 amide bonds. The van der Waals surface area contributed by atoms with E-state index in [1.54, 1.807) is 30.9 Å². The molecule has 10 heteroatoms. The Morgan fingerprint density at radius 1 is 1.12 bits per heavy atom. The second kappa shape index (κ2) is 9.63. The molecule has 0 spiro atoms. The van der Waals surface area contributed by atoms with Crippen LogP contribution in [0.25, 0.3) is 16.8 Å². The van der Waals surface area contributed by atoms with E-state index in [0.717, 1.165) is 28.6 Å². The van der Waals surface area contributed by atoms with Crippen LogP contribution in [0.3, 0.4) is 0 Å². The lowest BCUT2D eigenvalue weighted by Gasteiger charge is -2.12. The van der Waals surface area contributed by atoms with Crippen molar-refractivity contribution in [2.75, 3.05) is 19.3 Å². The summed E-state index contributed by atoms with van der Waals surface area (Å²) in [5.41, 5.74) is 4.45. The molecular weight excluding hydrogens is 447 g/mol. The summed E-state index contributed by atoms with van der Waals surface area (Å²) in [6, 6.07) is 10.5. The molecule has 4 rings (SSSR count). The Bertz CT molecular complexity index is 1390. The van der Waals surface area contributed by atoms with E-state index in [0.29, 0.717) is 29.8 Å². The number of methoxy groups -OCH3 is 1. The maximum absolute atomic E-state index is 14.3. The third kappa shape index (κ3) is 5.35. The van der Waals surface area contributed by atoms with Gasteiger partial charge in [0.1, 0.15) is 23.8 Å². The predicted molar refractivity (Wildman–Crippen MR) is 121 cm³/mol. The van der Waals surface area contributed by atoms with Crippen LogP contribution in [0.4, 0.5) is 4.39 Å². The molecule has 0 aliphatic rings. The molecule has 4 aromatic rings. The summed E-state index contributed by atoms with van der Waals surface area (Å²) in [5.74, 6) is -0.132. The molecule has 3 aromatic heterocycles. The zero-order valence-electron chi connectivity index (χ0n) is 18.2. The van der Waals surface area contributed by atoms with Gasteiger partial charge in [0, 0.05) is 41.0 Å². The van der Waals surface area contributed by atoms with Crippen LogP contribution in [0, 0.1) is 5.82 Å². The van der Waals surface area contributed by atoms with Crippen LogP contribution in [0.2, 0.25) is 0 Å². The highest BCUT2D eigenvalue weighted by molar-refractivity contribution is 7.90. The molecule has 0 aliphatic carbocycles. The van der Waals surface area contributed by atoms with E-state index >= 15 is 0 Å². The van der Waals surface area contributed by atoms with E-state index in [-0.39, 0.29) is 18.4 Å². The summed E-state index contributed by atoms with van der Waals surface area (Å²) in [7, 11) is -1.68. The summed E-state index contributed by atoms with van der Waals surface area (Å²) in [5, 5.41) is 8.32. The molecule has 0 saturated carbocycles. The van der Waals surface area contributed by atoms with Crippen molar-refractivity contribution in [2.45, 2.75) is 19.4 Å². The van der Waals surface area contributed by atoms with Crippen molar-refractivity contribution in [3.63, 3.8) is 0 Å². The van der Waals surface area contributed by atoms with Crippen molar-refractivity contribution in [1.82, 2.24) is 19.6 Å². The van der Waals surface area contributed by atoms with Crippen LogP contribution in [0.1, 0.15) is 16.8 Å². The Balaban J connectivity index is 1.58. The average molecular weight is 471 g/mol. The van der Waals surface area contributed by atoms with E-state index in [2.05, 4.69) is 15.2 Å². The van der Waals surface area contributed by atoms with Gasteiger partial charge in [-0.3, -0.25) is 9.38 Å². The van der Waals surface area contributed by atoms with Crippen molar-refractivity contribution >= 4 is 15.5 Å². The Labute approximate surface area is 190 Å². The van der Waals surface area contributed by atoms with Crippen molar-refractivity contribution in [3.05, 3.63) is 77.8 Å². The molecule has 0 aliphatic heterocycles. The van der Waals surface area contributed by atoms with Gasteiger partial charge in [0.05, 0.1) is 13.7 Å². The largest absolute Gasteiger partial charge is 0.496 e. The van der Waals surface area contributed by atoms with Crippen LogP contribution in [-0.2, 0) is 34.0 Å². The molecule has 3 heterocycles. The van der Waals surface area contributed by atoms with Gasteiger partial charge in [-0.1, -0.05) is 6.07 Å². The third-order valence-electron chi connectivity index (χ3n) is 5.14. The van der Waals surface area contributed by atoms with Gasteiger partial charge in [-0.25, -0.2) is 12.8 Å². The van der Waals surface area contributed by atoms with Crippen LogP contribution in [0.15, 0.2) is 55.1 Å². The molecule has 8 nitrogen and oxygen atoms in total. The summed E-state index contributed by atoms with van der Waals surface area (Å²) in [6.07, 6.45) is 7.09. The number of ether oxygens (including phenoxy) is 2. The smallest absolute Gasteiger partial charge is 0.171 e. The van der Waals surface area contributed by atoms with Crippen LogP contribution in [0.5, 0.6) is 5.75 Å². The summed E-state index contributed by atoms with van der Waals surface area (Å²) in [4.78, 5) is 4.25. The monoisotopic (exact) mass is 470 g/mol. The number of rotatable bonds is 9. The van der Waals surface area contributed by atoms with E-state index in [4.69, 9.17) is 9.47 Å². The molecule has 0 atom stereocenters. The minimum atomic E-state index is -3.21. The van der Waals surface area contributed by atoms with Crippen LogP contribution < -0.4 is 4.74 Å². The zero-order valence-corrected chi connectivity index (χ0v) is 19.0. The van der Waals surface area contributed by atoms with Gasteiger partial charge in [0.25, 0.3) is 0 Å². The molecule has 0 radical (unpaired) electrons. The fraction of sp³-hybridized carbons (Fsp3) is 0.261. The molecule has 0 bridgehead atoms. The molecule has 1 aromatic carbocycles. The quantitative estimate of drug-likeness (QED) is 0.371. The number of aryl methyl sites for hydroxylation is 1. The highest BCUT2D eigenvalue weighted by Gasteiger charge is 2.14. The Hall–Kier alpha value is -3.37. The number of halogens is 1. The van der Waals surface area contributed by atoms with E-state index < -0.39 is 9.84 Å². The minimum absolute atomic E-state index is 0.124. The van der Waals surface area contributed by atoms with Crippen molar-refractivity contribution in [3.8, 4) is 16.9 Å². The molecule has 33 heavy (non-hydrogen) atoms. The SMILES string of the molecule is COc1cccc(F)c1CCc1ccc(-c2cncc(COCS(C)(=O)=O)c2)c2nncn12. The Kier molecular flexibility index (Phi) is 6.66. The maximum atomic E-state index is 14.3. The number of aromatic nitrogens is 4. The summed E-state index contributed by atoms with van der Waals surface area (Å²) >= 11 is 0. The minimum Gasteiger partial charge on any atom is -0.496 e. The lowest BCUT2D eigenvalue weighted by atomic mass is 10.0. The maximum Gasteiger partial charge on any atom is 0.171 e. The van der Waals surface area contributed by atoms with Crippen LogP contribution >= 0.6 is 0 Å². The van der Waals surface area contributed by atoms with Gasteiger partial charge in [-0.05, 0) is 48.7 Å². The normalized spacial score (nSPS) is 11.7. The van der Waals surface area contributed by atoms with Gasteiger partial charge >= 0.3 is 0 Å². The fourth-order valence-corrected chi connectivity index (χ4v) is 4.03. The first-order chi connectivity index (χ1) is 15.9. The number of fused-ring (bicyclic) bond motifs is 1. The van der Waals surface area contributed by atoms with Gasteiger partial charge in [0.2, 0.25) is 0 Å². The third-order valence-corrected chi connectivity index (χ3v) is 5.73. The van der Waals surface area contributed by atoms with Crippen molar-refractivity contribution in [2.24, 2.45) is 0 Å². The fourth-order valence-electron chi connectivity index (χ4n) is 3.64. The van der Waals surface area contributed by atoms with Crippen LogP contribution in [-0.4, -0.2) is 47.3 Å². The van der Waals surface area contributed by atoms with Gasteiger partial charge in [0.15, 0.2) is 15.5 Å². The second-order valence-corrected chi connectivity index (χ2v) is 9.74. The molecular formula is C23H23FN4O4S. The molecule has 172 valence electrons. The lowest BCUT2D eigenvalue weighted by Crippen LogP contribution is -2.07. The van der Waals surface area contributed by atoms with E-state index in [1.165, 1.54) is 13.2 Å². The first-order valence-electron chi connectivity index (χ1n) is 10.2. The first kappa shape index (κ1) is 22.8. The molecule has 0 unspecified atom stereocenters. The van der Waals surface area contributed by atoms with Gasteiger partial charge in [-0.15, -0.1) is 10.2 Å².